The summed E-state index contributed by atoms with van der Waals surface area (Å²) in [5.74, 6) is 4.52. The molecule has 0 fully saturated rings. The van der Waals surface area contributed by atoms with Gasteiger partial charge >= 0.3 is 5.71 Å². The van der Waals surface area contributed by atoms with Crippen molar-refractivity contribution < 1.29 is 26.8 Å². The van der Waals surface area contributed by atoms with Crippen molar-refractivity contribution in [1.29, 1.82) is 0 Å². The van der Waals surface area contributed by atoms with Gasteiger partial charge < -0.3 is 4.42 Å². The standard InChI is InChI=1S/C20H13N4O.C20H13N4S.2C16H14N5/c2*1-2-5-13(6-3-1)24-19-14-7-4-9-22-16(14)12-23(19)18-15-11-21-10-8-17(15)25-20(18)24;2*1-19-13-5-7-17-8-11(13)14-16(19)20(2)15-10-4-3-6-18-12(10)9-21(14)15/h2*1-11H,12H2;2*3-8H,9H2,1-2H3/q4*+1/i;;1D3;. The zero-order chi connectivity index (χ0) is 63.5. The summed E-state index contributed by atoms with van der Waals surface area (Å²) in [5.41, 5.74) is 21.2. The molecule has 4 aliphatic heterocycles. The molecule has 0 saturated heterocycles. The molecule has 22 rings (SSSR count). The first-order valence-electron chi connectivity index (χ1n) is 31.8. The van der Waals surface area contributed by atoms with Crippen molar-refractivity contribution in [3.05, 3.63) is 231 Å². The second-order valence-electron chi connectivity index (χ2n) is 23.4. The molecule has 0 bridgehead atoms. The fraction of sp³-hybridized carbons (Fsp3) is 0.111. The summed E-state index contributed by atoms with van der Waals surface area (Å²) in [4.78, 5) is 36.6. The Hall–Kier alpha value is -11.9. The molecule has 0 saturated carbocycles. The number of furan rings is 1. The number of rotatable bonds is 2. The second-order valence-corrected chi connectivity index (χ2v) is 24.4. The zero-order valence-electron chi connectivity index (χ0n) is 52.8. The summed E-state index contributed by atoms with van der Waals surface area (Å²) >= 11 is 1.82. The van der Waals surface area contributed by atoms with Crippen LogP contribution in [0.1, 0.15) is 26.9 Å². The fourth-order valence-electron chi connectivity index (χ4n) is 14.8. The van der Waals surface area contributed by atoms with Crippen LogP contribution < -0.4 is 18.3 Å². The minimum atomic E-state index is -2.26. The van der Waals surface area contributed by atoms with Crippen LogP contribution in [0.3, 0.4) is 0 Å². The van der Waals surface area contributed by atoms with Gasteiger partial charge in [-0.1, -0.05) is 47.7 Å². The first-order chi connectivity index (χ1) is 46.6. The predicted octanol–water partition coefficient (Wildman–Crippen LogP) is 11.0. The number of imidazole rings is 4. The van der Waals surface area contributed by atoms with Crippen molar-refractivity contribution in [2.45, 2.75) is 26.2 Å². The van der Waals surface area contributed by atoms with Crippen LogP contribution in [0.2, 0.25) is 0 Å². The molecule has 20 heteroatoms. The van der Waals surface area contributed by atoms with E-state index < -0.39 is 6.98 Å². The molecular weight excluding hydrogens is 1160 g/mol. The molecule has 92 heavy (non-hydrogen) atoms. The maximum Gasteiger partial charge on any atom is 0.344 e. The van der Waals surface area contributed by atoms with Crippen molar-refractivity contribution in [1.82, 2.24) is 67.3 Å². The lowest BCUT2D eigenvalue weighted by molar-refractivity contribution is -0.645. The van der Waals surface area contributed by atoms with Gasteiger partial charge in [-0.3, -0.25) is 49.0 Å². The van der Waals surface area contributed by atoms with Gasteiger partial charge in [0.1, 0.15) is 54.2 Å². The van der Waals surface area contributed by atoms with E-state index in [1.807, 2.05) is 127 Å². The Morgan fingerprint density at radius 1 is 0.457 bits per heavy atom. The van der Waals surface area contributed by atoms with Gasteiger partial charge in [-0.2, -0.15) is 9.13 Å². The normalized spacial score (nSPS) is 13.4. The molecular formula is C72H54N18OS+4. The Kier molecular flexibility index (Phi) is 10.6. The molecule has 19 nitrogen and oxygen atoms in total. The third kappa shape index (κ3) is 7.30. The molecule has 0 aliphatic carbocycles. The maximum atomic E-state index is 7.99. The summed E-state index contributed by atoms with van der Waals surface area (Å²) in [6.07, 6.45) is 22.0. The molecule has 0 N–H and O–H groups in total. The Bertz CT molecular complexity index is 6020. The highest BCUT2D eigenvalue weighted by Gasteiger charge is 2.41. The topological polar surface area (TPSA) is 161 Å². The molecule has 4 aliphatic rings. The van der Waals surface area contributed by atoms with Crippen molar-refractivity contribution >= 4 is 98.1 Å². The monoisotopic (exact) mass is 1220 g/mol. The first kappa shape index (κ1) is 49.0. The Labute approximate surface area is 531 Å². The van der Waals surface area contributed by atoms with Crippen LogP contribution in [0.5, 0.6) is 0 Å². The average molecular weight is 1220 g/mol. The smallest absolute Gasteiger partial charge is 0.344 e. The van der Waals surface area contributed by atoms with Crippen LogP contribution in [-0.4, -0.2) is 67.3 Å². The number of pyridine rings is 8. The minimum absolute atomic E-state index is 0.637. The third-order valence-electron chi connectivity index (χ3n) is 18.5. The van der Waals surface area contributed by atoms with E-state index in [4.69, 9.17) is 8.53 Å². The lowest BCUT2D eigenvalue weighted by Gasteiger charge is -2.00. The van der Waals surface area contributed by atoms with Crippen LogP contribution in [0.25, 0.3) is 144 Å². The SMILES string of the molecule is Cn1c2ccncc2c2c1[n+](C)c1n2Cc2ncccc2-1.[2H]C([2H])([2H])n1c2ccncc2c2c1[n+](C)c1n2Cc2ncccc2-1.c1ccc(-n2c3[n+](c4c5cnccc5oc42)Cc2ncccc2-3)cc1.c1ccc(-n2c3[n+](c4c5cnccc5sc42)Cc2ncccc2-3)cc1. The predicted molar refractivity (Wildman–Crippen MR) is 352 cm³/mol. The highest BCUT2D eigenvalue weighted by atomic mass is 32.1. The number of fused-ring (bicyclic) bond motifs is 28. The lowest BCUT2D eigenvalue weighted by atomic mass is 10.2. The van der Waals surface area contributed by atoms with E-state index in [9.17, 15) is 0 Å². The molecule has 440 valence electrons. The molecule has 18 aromatic rings. The molecule has 0 spiro atoms. The molecule has 0 radical (unpaired) electrons. The first-order valence-corrected chi connectivity index (χ1v) is 31.1. The summed E-state index contributed by atoms with van der Waals surface area (Å²) in [7, 11) is 6.15. The number of aryl methyl sites for hydroxylation is 4. The zero-order valence-corrected chi connectivity index (χ0v) is 50.6. The number of para-hydroxylation sites is 2. The second kappa shape index (κ2) is 19.8. The van der Waals surface area contributed by atoms with Gasteiger partial charge in [-0.05, 0) is 91.0 Å². The van der Waals surface area contributed by atoms with Gasteiger partial charge in [0, 0.05) is 85.1 Å². The van der Waals surface area contributed by atoms with Crippen molar-refractivity contribution in [2.24, 2.45) is 28.1 Å². The fourth-order valence-corrected chi connectivity index (χ4v) is 16.0. The van der Waals surface area contributed by atoms with E-state index in [0.717, 1.165) is 104 Å². The Morgan fingerprint density at radius 2 is 0.924 bits per heavy atom. The third-order valence-corrected chi connectivity index (χ3v) is 19.7. The van der Waals surface area contributed by atoms with E-state index in [2.05, 4.69) is 163 Å². The largest absolute Gasteiger partial charge is 0.419 e. The summed E-state index contributed by atoms with van der Waals surface area (Å²) in [6, 6.07) is 45.1. The van der Waals surface area contributed by atoms with Crippen molar-refractivity contribution in [3.63, 3.8) is 0 Å². The van der Waals surface area contributed by atoms with Crippen LogP contribution in [0.15, 0.2) is 212 Å². The molecule has 0 amide bonds. The summed E-state index contributed by atoms with van der Waals surface area (Å²) < 4.78 is 53.1. The highest BCUT2D eigenvalue weighted by Crippen LogP contribution is 2.42. The van der Waals surface area contributed by atoms with E-state index >= 15 is 0 Å². The quantitative estimate of drug-likeness (QED) is 0.153. The van der Waals surface area contributed by atoms with Crippen LogP contribution >= 0.6 is 11.3 Å². The van der Waals surface area contributed by atoms with Crippen LogP contribution in [0, 0.1) is 0 Å². The van der Waals surface area contributed by atoms with Crippen molar-refractivity contribution in [2.75, 3.05) is 0 Å². The molecule has 20 heterocycles. The van der Waals surface area contributed by atoms with E-state index in [-0.39, 0.29) is 0 Å². The number of benzene rings is 2. The van der Waals surface area contributed by atoms with Gasteiger partial charge in [0.15, 0.2) is 16.6 Å². The van der Waals surface area contributed by atoms with Crippen LogP contribution in [-0.2, 0) is 54.3 Å². The van der Waals surface area contributed by atoms with Gasteiger partial charge in [0.05, 0.1) is 98.8 Å². The van der Waals surface area contributed by atoms with Gasteiger partial charge in [-0.25, -0.2) is 27.4 Å². The van der Waals surface area contributed by atoms with Crippen molar-refractivity contribution in [3.8, 4) is 56.9 Å². The highest BCUT2D eigenvalue weighted by molar-refractivity contribution is 7.25. The maximum absolute atomic E-state index is 7.99. The van der Waals surface area contributed by atoms with Gasteiger partial charge in [0.2, 0.25) is 22.0 Å². The van der Waals surface area contributed by atoms with E-state index in [1.165, 1.54) is 75.5 Å². The van der Waals surface area contributed by atoms with E-state index in [1.54, 1.807) is 30.9 Å². The summed E-state index contributed by atoms with van der Waals surface area (Å²) in [6.45, 7) is 0.752. The lowest BCUT2D eigenvalue weighted by Crippen LogP contribution is -2.31. The number of aromatic nitrogens is 18. The van der Waals surface area contributed by atoms with Crippen LogP contribution in [0.4, 0.5) is 0 Å². The van der Waals surface area contributed by atoms with Gasteiger partial charge in [0.25, 0.3) is 22.9 Å². The Morgan fingerprint density at radius 3 is 1.50 bits per heavy atom. The molecule has 16 aromatic heterocycles. The Balaban J connectivity index is 0.0000000898. The molecule has 0 unspecified atom stereocenters. The van der Waals surface area contributed by atoms with E-state index in [0.29, 0.717) is 17.7 Å². The average Bonchev–Trinajstić information content (AvgIpc) is 1.57. The summed E-state index contributed by atoms with van der Waals surface area (Å²) in [5, 5.41) is 4.29. The number of hydrogen-bond donors (Lipinski definition) is 0. The number of hydrogen-bond acceptors (Lipinski definition) is 10. The molecule has 0 atom stereocenters. The molecule has 2 aromatic carbocycles. The number of thiophene rings is 1. The minimum Gasteiger partial charge on any atom is -0.419 e. The van der Waals surface area contributed by atoms with Gasteiger partial charge in [-0.15, -0.1) is 0 Å². The number of nitrogens with zero attached hydrogens (tertiary/aromatic N) is 18.